The van der Waals surface area contributed by atoms with Crippen LogP contribution in [-0.4, -0.2) is 29.4 Å². The molecule has 0 aromatic heterocycles. The molecule has 4 nitrogen and oxygen atoms in total. The first-order valence-corrected chi connectivity index (χ1v) is 9.71. The second-order valence-corrected chi connectivity index (χ2v) is 6.69. The Balaban J connectivity index is 1.48. The standard InChI is InChI=1S/C24H26FNO3/c1-2-26(16-20-10-6-7-11-23(20)25)24(27)18-29-22-14-12-21(13-15-22)28-17-19-8-4-3-5-9-19/h3-15,24,27H,2,16-18H2,1H3. The summed E-state index contributed by atoms with van der Waals surface area (Å²) in [5, 5.41) is 10.4. The SMILES string of the molecule is CCN(Cc1ccccc1F)C(O)COc1ccc(OCc2ccccc2)cc1. The van der Waals surface area contributed by atoms with E-state index in [2.05, 4.69) is 0 Å². The zero-order valence-corrected chi connectivity index (χ0v) is 16.5. The van der Waals surface area contributed by atoms with Crippen molar-refractivity contribution in [2.24, 2.45) is 0 Å². The summed E-state index contributed by atoms with van der Waals surface area (Å²) in [7, 11) is 0. The van der Waals surface area contributed by atoms with Crippen LogP contribution in [0.25, 0.3) is 0 Å². The second kappa shape index (κ2) is 10.6. The highest BCUT2D eigenvalue weighted by Crippen LogP contribution is 2.19. The highest BCUT2D eigenvalue weighted by Gasteiger charge is 2.16. The highest BCUT2D eigenvalue weighted by molar-refractivity contribution is 5.31. The van der Waals surface area contributed by atoms with Gasteiger partial charge in [0.2, 0.25) is 0 Å². The summed E-state index contributed by atoms with van der Waals surface area (Å²) in [6, 6.07) is 23.8. The second-order valence-electron chi connectivity index (χ2n) is 6.69. The molecular weight excluding hydrogens is 369 g/mol. The number of likely N-dealkylation sites (N-methyl/N-ethyl adjacent to an activating group) is 1. The van der Waals surface area contributed by atoms with Gasteiger partial charge in [-0.05, 0) is 42.4 Å². The van der Waals surface area contributed by atoms with Crippen LogP contribution in [0.1, 0.15) is 18.1 Å². The lowest BCUT2D eigenvalue weighted by atomic mass is 10.2. The van der Waals surface area contributed by atoms with E-state index in [1.165, 1.54) is 6.07 Å². The maximum Gasteiger partial charge on any atom is 0.142 e. The number of ether oxygens (including phenoxy) is 2. The maximum absolute atomic E-state index is 13.9. The van der Waals surface area contributed by atoms with Gasteiger partial charge in [-0.2, -0.15) is 0 Å². The average molecular weight is 395 g/mol. The molecule has 1 unspecified atom stereocenters. The fraction of sp³-hybridized carbons (Fsp3) is 0.250. The quantitative estimate of drug-likeness (QED) is 0.509. The first-order chi connectivity index (χ1) is 14.2. The molecule has 0 aliphatic heterocycles. The maximum atomic E-state index is 13.9. The lowest BCUT2D eigenvalue weighted by Crippen LogP contribution is -2.39. The van der Waals surface area contributed by atoms with Crippen molar-refractivity contribution >= 4 is 0 Å². The zero-order valence-electron chi connectivity index (χ0n) is 16.5. The van der Waals surface area contributed by atoms with E-state index in [1.54, 1.807) is 35.2 Å². The molecule has 5 heteroatoms. The Morgan fingerprint density at radius 1 is 0.862 bits per heavy atom. The molecule has 3 rings (SSSR count). The van der Waals surface area contributed by atoms with E-state index in [-0.39, 0.29) is 12.4 Å². The minimum Gasteiger partial charge on any atom is -0.489 e. The van der Waals surface area contributed by atoms with Crippen LogP contribution in [-0.2, 0) is 13.2 Å². The molecule has 0 spiro atoms. The molecule has 3 aromatic carbocycles. The number of benzene rings is 3. The van der Waals surface area contributed by atoms with Crippen molar-refractivity contribution in [2.45, 2.75) is 26.3 Å². The Kier molecular flexibility index (Phi) is 7.61. The summed E-state index contributed by atoms with van der Waals surface area (Å²) in [4.78, 5) is 1.76. The predicted molar refractivity (Wildman–Crippen MR) is 111 cm³/mol. The Labute approximate surface area is 171 Å². The third-order valence-electron chi connectivity index (χ3n) is 4.63. The third-order valence-corrected chi connectivity index (χ3v) is 4.63. The Morgan fingerprint density at radius 2 is 1.48 bits per heavy atom. The first kappa shape index (κ1) is 20.8. The van der Waals surface area contributed by atoms with Gasteiger partial charge in [-0.1, -0.05) is 55.5 Å². The van der Waals surface area contributed by atoms with Gasteiger partial charge in [-0.3, -0.25) is 4.90 Å². The molecule has 0 fully saturated rings. The van der Waals surface area contributed by atoms with Gasteiger partial charge in [0, 0.05) is 12.1 Å². The monoisotopic (exact) mass is 395 g/mol. The Hall–Kier alpha value is -2.89. The van der Waals surface area contributed by atoms with Gasteiger partial charge >= 0.3 is 0 Å². The van der Waals surface area contributed by atoms with E-state index in [9.17, 15) is 9.50 Å². The molecule has 0 amide bonds. The van der Waals surface area contributed by atoms with E-state index < -0.39 is 6.23 Å². The fourth-order valence-electron chi connectivity index (χ4n) is 2.92. The van der Waals surface area contributed by atoms with Gasteiger partial charge in [0.1, 0.15) is 36.8 Å². The molecule has 0 aliphatic rings. The largest absolute Gasteiger partial charge is 0.489 e. The summed E-state index contributed by atoms with van der Waals surface area (Å²) >= 11 is 0. The van der Waals surface area contributed by atoms with Crippen LogP contribution < -0.4 is 9.47 Å². The van der Waals surface area contributed by atoms with E-state index in [1.807, 2.05) is 49.4 Å². The number of halogens is 1. The van der Waals surface area contributed by atoms with E-state index >= 15 is 0 Å². The summed E-state index contributed by atoms with van der Waals surface area (Å²) in [5.41, 5.74) is 1.65. The van der Waals surface area contributed by atoms with Gasteiger partial charge < -0.3 is 14.6 Å². The molecule has 0 saturated carbocycles. The van der Waals surface area contributed by atoms with Crippen molar-refractivity contribution in [1.82, 2.24) is 4.90 Å². The van der Waals surface area contributed by atoms with Gasteiger partial charge in [0.15, 0.2) is 0 Å². The first-order valence-electron chi connectivity index (χ1n) is 9.71. The highest BCUT2D eigenvalue weighted by atomic mass is 19.1. The van der Waals surface area contributed by atoms with Crippen LogP contribution in [0.5, 0.6) is 11.5 Å². The minimum atomic E-state index is -0.839. The normalized spacial score (nSPS) is 12.0. The van der Waals surface area contributed by atoms with Crippen LogP contribution in [0, 0.1) is 5.82 Å². The zero-order chi connectivity index (χ0) is 20.5. The lowest BCUT2D eigenvalue weighted by molar-refractivity contribution is -0.0303. The van der Waals surface area contributed by atoms with Crippen molar-refractivity contribution in [3.63, 3.8) is 0 Å². The molecule has 1 N–H and O–H groups in total. The van der Waals surface area contributed by atoms with Crippen molar-refractivity contribution < 1.29 is 19.0 Å². The molecule has 3 aromatic rings. The molecule has 0 radical (unpaired) electrons. The van der Waals surface area contributed by atoms with Gasteiger partial charge in [-0.25, -0.2) is 4.39 Å². The number of rotatable bonds is 10. The van der Waals surface area contributed by atoms with Crippen molar-refractivity contribution in [3.05, 3.63) is 95.8 Å². The van der Waals surface area contributed by atoms with Gasteiger partial charge in [0.25, 0.3) is 0 Å². The van der Waals surface area contributed by atoms with Crippen molar-refractivity contribution in [3.8, 4) is 11.5 Å². The minimum absolute atomic E-state index is 0.0898. The molecule has 152 valence electrons. The topological polar surface area (TPSA) is 41.9 Å². The third kappa shape index (κ3) is 6.31. The number of nitrogens with zero attached hydrogens (tertiary/aromatic N) is 1. The van der Waals surface area contributed by atoms with Crippen LogP contribution in [0.2, 0.25) is 0 Å². The van der Waals surface area contributed by atoms with Crippen molar-refractivity contribution in [2.75, 3.05) is 13.2 Å². The van der Waals surface area contributed by atoms with E-state index in [0.717, 1.165) is 11.3 Å². The molecule has 0 bridgehead atoms. The molecular formula is C24H26FNO3. The number of aliphatic hydroxyl groups excluding tert-OH is 1. The van der Waals surface area contributed by atoms with Crippen LogP contribution >= 0.6 is 0 Å². The van der Waals surface area contributed by atoms with Gasteiger partial charge in [-0.15, -0.1) is 0 Å². The molecule has 0 heterocycles. The van der Waals surface area contributed by atoms with Crippen molar-refractivity contribution in [1.29, 1.82) is 0 Å². The summed E-state index contributed by atoms with van der Waals surface area (Å²) in [5.74, 6) is 1.11. The van der Waals surface area contributed by atoms with Crippen LogP contribution in [0.3, 0.4) is 0 Å². The fourth-order valence-corrected chi connectivity index (χ4v) is 2.92. The number of aliphatic hydroxyl groups is 1. The average Bonchev–Trinajstić information content (AvgIpc) is 2.77. The molecule has 1 atom stereocenters. The van der Waals surface area contributed by atoms with Gasteiger partial charge in [0.05, 0.1) is 0 Å². The molecule has 0 aliphatic carbocycles. The summed E-state index contributed by atoms with van der Waals surface area (Å²) in [6.07, 6.45) is -0.839. The van der Waals surface area contributed by atoms with Crippen LogP contribution in [0.4, 0.5) is 4.39 Å². The predicted octanol–water partition coefficient (Wildman–Crippen LogP) is 4.62. The Morgan fingerprint density at radius 3 is 2.14 bits per heavy atom. The van der Waals surface area contributed by atoms with E-state index in [4.69, 9.17) is 9.47 Å². The number of hydrogen-bond acceptors (Lipinski definition) is 4. The summed E-state index contributed by atoms with van der Waals surface area (Å²) < 4.78 is 25.3. The number of hydrogen-bond donors (Lipinski definition) is 1. The van der Waals surface area contributed by atoms with Crippen LogP contribution in [0.15, 0.2) is 78.9 Å². The molecule has 29 heavy (non-hydrogen) atoms. The molecule has 0 saturated heterocycles. The lowest BCUT2D eigenvalue weighted by Gasteiger charge is -2.26. The smallest absolute Gasteiger partial charge is 0.142 e. The Bertz CT molecular complexity index is 871. The van der Waals surface area contributed by atoms with E-state index in [0.29, 0.717) is 31.0 Å². The summed E-state index contributed by atoms with van der Waals surface area (Å²) in [6.45, 7) is 3.40.